The number of nitrogens with zero attached hydrogens (tertiary/aromatic N) is 2. The minimum Gasteiger partial charge on any atom is -0.507 e. The molecule has 0 aliphatic rings. The number of fused-ring (bicyclic) bond motifs is 1. The van der Waals surface area contributed by atoms with E-state index in [4.69, 9.17) is 0 Å². The summed E-state index contributed by atoms with van der Waals surface area (Å²) in [6.45, 7) is 0. The van der Waals surface area contributed by atoms with Gasteiger partial charge >= 0.3 is 5.97 Å². The molecular formula is C15H10N2O3. The van der Waals surface area contributed by atoms with Crippen LogP contribution in [-0.4, -0.2) is 26.2 Å². The molecule has 0 amide bonds. The van der Waals surface area contributed by atoms with Gasteiger partial charge in [0.2, 0.25) is 0 Å². The number of aromatic nitrogens is 2. The average Bonchev–Trinajstić information content (AvgIpc) is 2.46. The van der Waals surface area contributed by atoms with Crippen molar-refractivity contribution in [2.75, 3.05) is 0 Å². The zero-order valence-corrected chi connectivity index (χ0v) is 10.3. The summed E-state index contributed by atoms with van der Waals surface area (Å²) < 4.78 is 0. The van der Waals surface area contributed by atoms with Gasteiger partial charge in [-0.2, -0.15) is 0 Å². The van der Waals surface area contributed by atoms with E-state index in [2.05, 4.69) is 9.97 Å². The second kappa shape index (κ2) is 4.62. The molecule has 0 unspecified atom stereocenters. The largest absolute Gasteiger partial charge is 0.507 e. The molecule has 0 bridgehead atoms. The van der Waals surface area contributed by atoms with E-state index in [1.807, 2.05) is 0 Å². The molecule has 0 aliphatic carbocycles. The molecule has 3 rings (SSSR count). The molecule has 0 radical (unpaired) electrons. The predicted octanol–water partition coefficient (Wildman–Crippen LogP) is 2.70. The van der Waals surface area contributed by atoms with Crippen LogP contribution >= 0.6 is 0 Å². The molecule has 1 aromatic heterocycles. The zero-order chi connectivity index (χ0) is 14.1. The Kier molecular flexibility index (Phi) is 2.80. The summed E-state index contributed by atoms with van der Waals surface area (Å²) in [5, 5.41) is 19.6. The summed E-state index contributed by atoms with van der Waals surface area (Å²) in [5.41, 5.74) is 0.854. The summed E-state index contributed by atoms with van der Waals surface area (Å²) in [4.78, 5) is 19.7. The van der Waals surface area contributed by atoms with E-state index >= 15 is 0 Å². The molecule has 3 aromatic rings. The average molecular weight is 266 g/mol. The molecule has 0 spiro atoms. The van der Waals surface area contributed by atoms with Crippen LogP contribution in [0.15, 0.2) is 48.5 Å². The lowest BCUT2D eigenvalue weighted by Gasteiger charge is -2.07. The number of para-hydroxylation sites is 2. The van der Waals surface area contributed by atoms with Crippen molar-refractivity contribution in [1.29, 1.82) is 0 Å². The van der Waals surface area contributed by atoms with Gasteiger partial charge in [-0.15, -0.1) is 0 Å². The number of hydrogen-bond acceptors (Lipinski definition) is 4. The first-order valence-corrected chi connectivity index (χ1v) is 5.95. The van der Waals surface area contributed by atoms with Crippen molar-refractivity contribution in [3.05, 3.63) is 54.2 Å². The van der Waals surface area contributed by atoms with E-state index in [1.54, 1.807) is 42.5 Å². The van der Waals surface area contributed by atoms with E-state index in [1.165, 1.54) is 6.07 Å². The van der Waals surface area contributed by atoms with Gasteiger partial charge in [-0.1, -0.05) is 30.3 Å². The summed E-state index contributed by atoms with van der Waals surface area (Å²) in [6.07, 6.45) is 0. The molecule has 20 heavy (non-hydrogen) atoms. The lowest BCUT2D eigenvalue weighted by atomic mass is 10.1. The van der Waals surface area contributed by atoms with E-state index < -0.39 is 5.97 Å². The van der Waals surface area contributed by atoms with Crippen LogP contribution in [0.2, 0.25) is 0 Å². The number of aromatic carboxylic acids is 1. The molecule has 1 heterocycles. The topological polar surface area (TPSA) is 83.3 Å². The second-order valence-corrected chi connectivity index (χ2v) is 4.24. The van der Waals surface area contributed by atoms with Crippen molar-refractivity contribution in [1.82, 2.24) is 9.97 Å². The van der Waals surface area contributed by atoms with Crippen LogP contribution in [0.3, 0.4) is 0 Å². The molecule has 98 valence electrons. The molecule has 0 saturated carbocycles. The number of hydrogen-bond donors (Lipinski definition) is 2. The highest BCUT2D eigenvalue weighted by atomic mass is 16.4. The third-order valence-corrected chi connectivity index (χ3v) is 2.95. The molecule has 2 aromatic carbocycles. The Labute approximate surface area is 114 Å². The Bertz CT molecular complexity index is 815. The summed E-state index contributed by atoms with van der Waals surface area (Å²) in [6, 6.07) is 13.4. The molecular weight excluding hydrogens is 256 g/mol. The first kappa shape index (κ1) is 12.1. The number of carboxylic acids is 1. The lowest BCUT2D eigenvalue weighted by molar-refractivity contribution is 0.0693. The van der Waals surface area contributed by atoms with Gasteiger partial charge in [-0.3, -0.25) is 0 Å². The minimum absolute atomic E-state index is 0.0131. The predicted molar refractivity (Wildman–Crippen MR) is 73.6 cm³/mol. The van der Waals surface area contributed by atoms with E-state index in [-0.39, 0.29) is 17.3 Å². The fraction of sp³-hybridized carbons (Fsp3) is 0. The van der Waals surface area contributed by atoms with Crippen molar-refractivity contribution in [3.63, 3.8) is 0 Å². The quantitative estimate of drug-likeness (QED) is 0.745. The smallest absolute Gasteiger partial charge is 0.355 e. The van der Waals surface area contributed by atoms with Gasteiger partial charge in [-0.05, 0) is 18.2 Å². The van der Waals surface area contributed by atoms with Gasteiger partial charge in [0.25, 0.3) is 0 Å². The maximum atomic E-state index is 11.3. The number of phenols is 1. The van der Waals surface area contributed by atoms with Crippen LogP contribution in [0.5, 0.6) is 5.75 Å². The van der Waals surface area contributed by atoms with E-state index in [0.29, 0.717) is 16.5 Å². The van der Waals surface area contributed by atoms with Crippen LogP contribution in [0.25, 0.3) is 22.3 Å². The molecule has 0 atom stereocenters. The summed E-state index contributed by atoms with van der Waals surface area (Å²) in [7, 11) is 0. The fourth-order valence-corrected chi connectivity index (χ4v) is 2.02. The second-order valence-electron chi connectivity index (χ2n) is 4.24. The first-order chi connectivity index (χ1) is 9.66. The van der Waals surface area contributed by atoms with Crippen LogP contribution < -0.4 is 0 Å². The van der Waals surface area contributed by atoms with E-state index in [9.17, 15) is 15.0 Å². The Morgan fingerprint density at radius 2 is 1.65 bits per heavy atom. The monoisotopic (exact) mass is 266 g/mol. The van der Waals surface area contributed by atoms with Gasteiger partial charge in [0, 0.05) is 5.39 Å². The Morgan fingerprint density at radius 1 is 0.950 bits per heavy atom. The number of carboxylic acid groups (broad SMARTS) is 1. The first-order valence-electron chi connectivity index (χ1n) is 5.95. The van der Waals surface area contributed by atoms with Crippen molar-refractivity contribution in [2.24, 2.45) is 0 Å². The number of phenolic OH excluding ortho intramolecular Hbond substituents is 1. The fourth-order valence-electron chi connectivity index (χ4n) is 2.02. The normalized spacial score (nSPS) is 10.6. The van der Waals surface area contributed by atoms with Crippen LogP contribution in [0.1, 0.15) is 10.5 Å². The van der Waals surface area contributed by atoms with Crippen LogP contribution in [-0.2, 0) is 0 Å². The van der Waals surface area contributed by atoms with Gasteiger partial charge in [-0.25, -0.2) is 14.8 Å². The molecule has 2 N–H and O–H groups in total. The highest BCUT2D eigenvalue weighted by Gasteiger charge is 2.15. The van der Waals surface area contributed by atoms with Crippen LogP contribution in [0.4, 0.5) is 0 Å². The van der Waals surface area contributed by atoms with Gasteiger partial charge < -0.3 is 10.2 Å². The molecule has 0 aliphatic heterocycles. The summed E-state index contributed by atoms with van der Waals surface area (Å²) >= 11 is 0. The molecule has 5 heteroatoms. The Balaban J connectivity index is 2.33. The zero-order valence-electron chi connectivity index (χ0n) is 10.3. The number of carbonyl (C=O) groups is 1. The van der Waals surface area contributed by atoms with Crippen molar-refractivity contribution in [3.8, 4) is 17.1 Å². The maximum Gasteiger partial charge on any atom is 0.355 e. The van der Waals surface area contributed by atoms with Crippen LogP contribution in [0, 0.1) is 0 Å². The highest BCUT2D eigenvalue weighted by molar-refractivity contribution is 6.01. The number of aromatic hydroxyl groups is 1. The highest BCUT2D eigenvalue weighted by Crippen LogP contribution is 2.28. The minimum atomic E-state index is -1.12. The van der Waals surface area contributed by atoms with Gasteiger partial charge in [0.1, 0.15) is 5.75 Å². The van der Waals surface area contributed by atoms with Crippen molar-refractivity contribution >= 4 is 16.9 Å². The third kappa shape index (κ3) is 1.95. The maximum absolute atomic E-state index is 11.3. The summed E-state index contributed by atoms with van der Waals surface area (Å²) in [5.74, 6) is -0.918. The Hall–Kier alpha value is -2.95. The standard InChI is InChI=1S/C15H10N2O3/c18-12-8-4-2-6-10(12)14-16-11-7-3-1-5-9(11)13(17-14)15(19)20/h1-8,18H,(H,19,20). The number of rotatable bonds is 2. The van der Waals surface area contributed by atoms with Gasteiger partial charge in [0.15, 0.2) is 11.5 Å². The SMILES string of the molecule is O=C(O)c1nc(-c2ccccc2O)nc2ccccc12. The lowest BCUT2D eigenvalue weighted by Crippen LogP contribution is -2.04. The van der Waals surface area contributed by atoms with E-state index in [0.717, 1.165) is 0 Å². The molecule has 0 saturated heterocycles. The van der Waals surface area contributed by atoms with Gasteiger partial charge in [0.05, 0.1) is 11.1 Å². The Morgan fingerprint density at radius 3 is 2.40 bits per heavy atom. The van der Waals surface area contributed by atoms with Crippen molar-refractivity contribution < 1.29 is 15.0 Å². The number of benzene rings is 2. The van der Waals surface area contributed by atoms with Crippen molar-refractivity contribution in [2.45, 2.75) is 0 Å². The molecule has 0 fully saturated rings. The molecule has 5 nitrogen and oxygen atoms in total. The third-order valence-electron chi connectivity index (χ3n) is 2.95.